The third kappa shape index (κ3) is 5.09. The zero-order valence-electron chi connectivity index (χ0n) is 23.0. The number of hydrogen-bond donors (Lipinski definition) is 4. The quantitative estimate of drug-likeness (QED) is 0.269. The lowest BCUT2D eigenvalue weighted by Crippen LogP contribution is -2.31. The van der Waals surface area contributed by atoms with Crippen LogP contribution in [0.4, 0.5) is 11.8 Å². The number of anilines is 2. The summed E-state index contributed by atoms with van der Waals surface area (Å²) in [6.45, 7) is 8.63. The Balaban J connectivity index is 1.47. The molecule has 0 amide bonds. The van der Waals surface area contributed by atoms with E-state index in [0.29, 0.717) is 51.3 Å². The smallest absolute Gasteiger partial charge is 0.210 e. The van der Waals surface area contributed by atoms with Gasteiger partial charge in [-0.25, -0.2) is 9.98 Å². The Hall–Kier alpha value is -3.90. The first kappa shape index (κ1) is 26.7. The minimum Gasteiger partial charge on any atom is -0.450 e. The minimum absolute atomic E-state index is 0.0700. The standard InChI is InChI=1S/C26H34ClN11O/c1-26(2,3)18-11-19(35-38(18)15-7-10-36(5)14-15)33-25-34-24-22(37(25)6)20(27)17(13-32-24)39-16(12-28)21-23(29-4)31-9-8-30-21/h8-9,11-13,15,28,30H,7,10,14H2,1-6H3,(H,29,31)(H,32,33,34,35)/b21-16+,28-12?/t15-/m1/s1. The van der Waals surface area contributed by atoms with Crippen LogP contribution in [0.1, 0.15) is 38.9 Å². The molecule has 2 aliphatic heterocycles. The molecular weight excluding hydrogens is 518 g/mol. The monoisotopic (exact) mass is 551 g/mol. The molecular formula is C26H34ClN11O. The van der Waals surface area contributed by atoms with Crippen LogP contribution in [0.15, 0.2) is 41.1 Å². The molecule has 0 unspecified atom stereocenters. The first-order valence-corrected chi connectivity index (χ1v) is 13.1. The van der Waals surface area contributed by atoms with E-state index >= 15 is 0 Å². The lowest BCUT2D eigenvalue weighted by Gasteiger charge is -2.23. The Morgan fingerprint density at radius 1 is 1.31 bits per heavy atom. The molecule has 206 valence electrons. The van der Waals surface area contributed by atoms with Crippen molar-refractivity contribution in [2.45, 2.75) is 38.6 Å². The summed E-state index contributed by atoms with van der Waals surface area (Å²) in [5, 5.41) is 22.6. The van der Waals surface area contributed by atoms with Crippen LogP contribution < -0.4 is 20.7 Å². The fraction of sp³-hybridized carbons (Fsp3) is 0.423. The topological polar surface area (TPSA) is 133 Å². The molecule has 3 aromatic rings. The van der Waals surface area contributed by atoms with Crippen LogP contribution in [0.5, 0.6) is 5.75 Å². The third-order valence-electron chi connectivity index (χ3n) is 6.84. The van der Waals surface area contributed by atoms with Crippen molar-refractivity contribution < 1.29 is 4.74 Å². The van der Waals surface area contributed by atoms with E-state index in [4.69, 9.17) is 26.8 Å². The molecule has 0 aliphatic carbocycles. The number of halogens is 1. The van der Waals surface area contributed by atoms with E-state index in [-0.39, 0.29) is 11.2 Å². The number of imidazole rings is 1. The summed E-state index contributed by atoms with van der Waals surface area (Å²) in [5.74, 6) is 2.33. The molecule has 0 saturated carbocycles. The number of ether oxygens (including phenoxy) is 1. The minimum atomic E-state index is -0.0700. The van der Waals surface area contributed by atoms with E-state index in [1.54, 1.807) is 19.4 Å². The Bertz CT molecular complexity index is 1510. The van der Waals surface area contributed by atoms with Crippen LogP contribution in [-0.2, 0) is 12.5 Å². The molecule has 4 N–H and O–H groups in total. The fourth-order valence-electron chi connectivity index (χ4n) is 4.83. The molecule has 12 nitrogen and oxygen atoms in total. The Kier molecular flexibility index (Phi) is 7.08. The van der Waals surface area contributed by atoms with Crippen LogP contribution in [0, 0.1) is 5.41 Å². The summed E-state index contributed by atoms with van der Waals surface area (Å²) in [4.78, 5) is 15.7. The predicted octanol–water partition coefficient (Wildman–Crippen LogP) is 3.67. The molecule has 1 atom stereocenters. The molecule has 1 fully saturated rings. The van der Waals surface area contributed by atoms with Gasteiger partial charge in [0.2, 0.25) is 5.95 Å². The van der Waals surface area contributed by atoms with Gasteiger partial charge in [0, 0.05) is 50.2 Å². The molecule has 3 aromatic heterocycles. The number of likely N-dealkylation sites (tertiary alicyclic amines) is 1. The maximum absolute atomic E-state index is 7.89. The molecule has 0 aromatic carbocycles. The van der Waals surface area contributed by atoms with Crippen molar-refractivity contribution in [3.8, 4) is 5.75 Å². The van der Waals surface area contributed by atoms with Gasteiger partial charge in [0.15, 0.2) is 28.8 Å². The lowest BCUT2D eigenvalue weighted by atomic mass is 9.91. The van der Waals surface area contributed by atoms with Crippen LogP contribution >= 0.6 is 11.6 Å². The van der Waals surface area contributed by atoms with Gasteiger partial charge >= 0.3 is 0 Å². The first-order chi connectivity index (χ1) is 18.6. The molecule has 5 heterocycles. The van der Waals surface area contributed by atoms with Gasteiger partial charge in [0.25, 0.3) is 0 Å². The van der Waals surface area contributed by atoms with Crippen LogP contribution in [0.3, 0.4) is 0 Å². The van der Waals surface area contributed by atoms with Crippen molar-refractivity contribution in [1.82, 2.24) is 39.8 Å². The number of rotatable bonds is 6. The highest BCUT2D eigenvalue weighted by atomic mass is 35.5. The van der Waals surface area contributed by atoms with Gasteiger partial charge in [0.1, 0.15) is 16.2 Å². The van der Waals surface area contributed by atoms with Gasteiger partial charge < -0.3 is 35.6 Å². The number of amidine groups is 1. The lowest BCUT2D eigenvalue weighted by molar-refractivity contribution is 0.366. The SMILES string of the molecule is CNC1=NC=CN/C1=C(\C=N)Oc1cnc2nc(Nc3cc(C(C)(C)C)n([C@@H]4CCN(C)C4)n3)n(C)c2c1Cl. The first-order valence-electron chi connectivity index (χ1n) is 12.8. The van der Waals surface area contributed by atoms with Gasteiger partial charge in [-0.2, -0.15) is 10.1 Å². The number of aromatic nitrogens is 5. The molecule has 2 aliphatic rings. The van der Waals surface area contributed by atoms with E-state index in [9.17, 15) is 0 Å². The van der Waals surface area contributed by atoms with Crippen LogP contribution in [0.2, 0.25) is 5.02 Å². The van der Waals surface area contributed by atoms with Gasteiger partial charge in [-0.05, 0) is 20.0 Å². The number of aryl methyl sites for hydroxylation is 1. The Labute approximate surface area is 232 Å². The van der Waals surface area contributed by atoms with E-state index < -0.39 is 0 Å². The zero-order valence-corrected chi connectivity index (χ0v) is 23.8. The Morgan fingerprint density at radius 2 is 2.10 bits per heavy atom. The number of pyridine rings is 1. The number of nitrogens with zero attached hydrogens (tertiary/aromatic N) is 7. The largest absolute Gasteiger partial charge is 0.450 e. The van der Waals surface area contributed by atoms with Gasteiger partial charge in [0.05, 0.1) is 18.5 Å². The maximum atomic E-state index is 7.89. The molecule has 0 bridgehead atoms. The second kappa shape index (κ2) is 10.3. The summed E-state index contributed by atoms with van der Waals surface area (Å²) in [6, 6.07) is 2.42. The second-order valence-electron chi connectivity index (χ2n) is 10.7. The molecule has 0 radical (unpaired) electrons. The number of likely N-dealkylation sites (N-methyl/N-ethyl adjacent to an activating group) is 2. The van der Waals surface area contributed by atoms with Crippen molar-refractivity contribution in [1.29, 1.82) is 5.41 Å². The maximum Gasteiger partial charge on any atom is 0.210 e. The number of fused-ring (bicyclic) bond motifs is 1. The summed E-state index contributed by atoms with van der Waals surface area (Å²) in [6.07, 6.45) is 6.93. The normalized spacial score (nSPS) is 19.2. The number of aliphatic imine (C=N–C) groups is 1. The average molecular weight is 552 g/mol. The highest BCUT2D eigenvalue weighted by Crippen LogP contribution is 2.35. The summed E-state index contributed by atoms with van der Waals surface area (Å²) >= 11 is 6.81. The third-order valence-corrected chi connectivity index (χ3v) is 7.20. The highest BCUT2D eigenvalue weighted by Gasteiger charge is 2.29. The van der Waals surface area contributed by atoms with Gasteiger partial charge in [-0.1, -0.05) is 32.4 Å². The van der Waals surface area contributed by atoms with E-state index in [2.05, 4.69) is 74.4 Å². The molecule has 39 heavy (non-hydrogen) atoms. The number of hydrogen-bond acceptors (Lipinski definition) is 10. The highest BCUT2D eigenvalue weighted by molar-refractivity contribution is 6.36. The molecule has 5 rings (SSSR count). The van der Waals surface area contributed by atoms with E-state index in [1.165, 1.54) is 11.9 Å². The van der Waals surface area contributed by atoms with Crippen LogP contribution in [0.25, 0.3) is 11.2 Å². The predicted molar refractivity (Wildman–Crippen MR) is 154 cm³/mol. The zero-order chi connectivity index (χ0) is 27.9. The summed E-state index contributed by atoms with van der Waals surface area (Å²) in [7, 11) is 5.74. The van der Waals surface area contributed by atoms with Gasteiger partial charge in [-0.15, -0.1) is 0 Å². The summed E-state index contributed by atoms with van der Waals surface area (Å²) < 4.78 is 10.0. The van der Waals surface area contributed by atoms with Crippen molar-refractivity contribution in [3.63, 3.8) is 0 Å². The van der Waals surface area contributed by atoms with Crippen molar-refractivity contribution in [2.24, 2.45) is 12.0 Å². The van der Waals surface area contributed by atoms with Crippen LogP contribution in [-0.4, -0.2) is 68.5 Å². The van der Waals surface area contributed by atoms with E-state index in [1.807, 2.05) is 11.6 Å². The second-order valence-corrected chi connectivity index (χ2v) is 11.1. The van der Waals surface area contributed by atoms with Crippen molar-refractivity contribution in [2.75, 3.05) is 32.5 Å². The average Bonchev–Trinajstić information content (AvgIpc) is 3.61. The number of allylic oxidation sites excluding steroid dienone is 1. The molecule has 1 saturated heterocycles. The Morgan fingerprint density at radius 3 is 2.77 bits per heavy atom. The van der Waals surface area contributed by atoms with Gasteiger partial charge in [-0.3, -0.25) is 4.68 Å². The van der Waals surface area contributed by atoms with Crippen molar-refractivity contribution >= 4 is 46.6 Å². The van der Waals surface area contributed by atoms with Crippen molar-refractivity contribution in [3.05, 3.63) is 46.8 Å². The summed E-state index contributed by atoms with van der Waals surface area (Å²) in [5.41, 5.74) is 2.67. The fourth-order valence-corrected chi connectivity index (χ4v) is 5.13. The molecule has 0 spiro atoms. The molecule has 13 heteroatoms. The number of nitrogens with one attached hydrogen (secondary N) is 4. The van der Waals surface area contributed by atoms with E-state index in [0.717, 1.165) is 25.7 Å².